The molecule has 2 heterocycles. The first kappa shape index (κ1) is 19.7. The van der Waals surface area contributed by atoms with Crippen LogP contribution >= 0.6 is 34.4 Å². The summed E-state index contributed by atoms with van der Waals surface area (Å²) in [7, 11) is 1.65. The molecule has 4 rings (SSSR count). The van der Waals surface area contributed by atoms with Gasteiger partial charge in [0.05, 0.1) is 18.5 Å². The summed E-state index contributed by atoms with van der Waals surface area (Å²) >= 11 is 4.73. The summed E-state index contributed by atoms with van der Waals surface area (Å²) in [6.07, 6.45) is 0. The van der Waals surface area contributed by atoms with Crippen LogP contribution in [0.1, 0.15) is 10.7 Å². The van der Waals surface area contributed by atoms with Crippen molar-refractivity contribution in [2.75, 3.05) is 12.4 Å². The zero-order valence-electron chi connectivity index (χ0n) is 15.6. The number of para-hydroxylation sites is 3. The molecule has 0 aliphatic rings. The SMILES string of the molecule is COc1ccccc1Nc1nnc(SCc2csc(COc3ccccc3)n2)s1. The van der Waals surface area contributed by atoms with Crippen molar-refractivity contribution in [2.45, 2.75) is 16.7 Å². The monoisotopic (exact) mass is 442 g/mol. The Labute approximate surface area is 181 Å². The van der Waals surface area contributed by atoms with Gasteiger partial charge in [0, 0.05) is 11.1 Å². The van der Waals surface area contributed by atoms with Crippen LogP contribution < -0.4 is 14.8 Å². The van der Waals surface area contributed by atoms with Crippen molar-refractivity contribution in [1.82, 2.24) is 15.2 Å². The maximum atomic E-state index is 5.75. The van der Waals surface area contributed by atoms with Crippen molar-refractivity contribution in [3.05, 3.63) is 70.7 Å². The Morgan fingerprint density at radius 2 is 1.86 bits per heavy atom. The Hall–Kier alpha value is -2.62. The zero-order valence-corrected chi connectivity index (χ0v) is 18.0. The maximum absolute atomic E-state index is 5.75. The smallest absolute Gasteiger partial charge is 0.210 e. The fourth-order valence-electron chi connectivity index (χ4n) is 2.46. The number of thioether (sulfide) groups is 1. The van der Waals surface area contributed by atoms with Gasteiger partial charge in [-0.05, 0) is 24.3 Å². The summed E-state index contributed by atoms with van der Waals surface area (Å²) in [6, 6.07) is 17.5. The number of aromatic nitrogens is 3. The van der Waals surface area contributed by atoms with E-state index in [2.05, 4.69) is 25.9 Å². The second-order valence-corrected chi connectivity index (χ2v) is 8.96. The van der Waals surface area contributed by atoms with Crippen molar-refractivity contribution in [3.8, 4) is 11.5 Å². The number of hydrogen-bond donors (Lipinski definition) is 1. The van der Waals surface area contributed by atoms with Gasteiger partial charge in [-0.1, -0.05) is 53.4 Å². The van der Waals surface area contributed by atoms with E-state index < -0.39 is 0 Å². The lowest BCUT2D eigenvalue weighted by atomic mass is 10.3. The van der Waals surface area contributed by atoms with Crippen LogP contribution in [-0.2, 0) is 12.4 Å². The highest BCUT2D eigenvalue weighted by molar-refractivity contribution is 8.00. The normalized spacial score (nSPS) is 10.7. The van der Waals surface area contributed by atoms with E-state index in [1.165, 1.54) is 11.3 Å². The number of methoxy groups -OCH3 is 1. The summed E-state index contributed by atoms with van der Waals surface area (Å²) in [5.41, 5.74) is 1.88. The number of anilines is 2. The van der Waals surface area contributed by atoms with E-state index in [4.69, 9.17) is 9.47 Å². The molecule has 0 aliphatic carbocycles. The molecule has 1 N–H and O–H groups in total. The van der Waals surface area contributed by atoms with Crippen molar-refractivity contribution in [3.63, 3.8) is 0 Å². The first-order valence-electron chi connectivity index (χ1n) is 8.77. The Morgan fingerprint density at radius 1 is 1.03 bits per heavy atom. The van der Waals surface area contributed by atoms with Crippen molar-refractivity contribution in [2.24, 2.45) is 0 Å². The quantitative estimate of drug-likeness (QED) is 0.337. The van der Waals surface area contributed by atoms with E-state index >= 15 is 0 Å². The van der Waals surface area contributed by atoms with Gasteiger partial charge in [-0.15, -0.1) is 21.5 Å². The maximum Gasteiger partial charge on any atom is 0.210 e. The Balaban J connectivity index is 1.29. The summed E-state index contributed by atoms with van der Waals surface area (Å²) in [4.78, 5) is 4.63. The van der Waals surface area contributed by atoms with Gasteiger partial charge in [0.15, 0.2) is 4.34 Å². The minimum atomic E-state index is 0.477. The highest BCUT2D eigenvalue weighted by Crippen LogP contribution is 2.32. The average molecular weight is 443 g/mol. The van der Waals surface area contributed by atoms with Gasteiger partial charge in [0.1, 0.15) is 23.1 Å². The van der Waals surface area contributed by atoms with E-state index in [0.717, 1.165) is 43.1 Å². The fraction of sp³-hybridized carbons (Fsp3) is 0.150. The molecule has 0 radical (unpaired) electrons. The van der Waals surface area contributed by atoms with E-state index in [9.17, 15) is 0 Å². The molecule has 0 fully saturated rings. The summed E-state index contributed by atoms with van der Waals surface area (Å²) in [6.45, 7) is 0.477. The molecular weight excluding hydrogens is 424 g/mol. The lowest BCUT2D eigenvalue weighted by Gasteiger charge is -2.07. The van der Waals surface area contributed by atoms with Gasteiger partial charge in [-0.3, -0.25) is 0 Å². The predicted molar refractivity (Wildman–Crippen MR) is 119 cm³/mol. The van der Waals surface area contributed by atoms with Crippen LogP contribution in [0.25, 0.3) is 0 Å². The van der Waals surface area contributed by atoms with E-state index in [1.54, 1.807) is 30.2 Å². The summed E-state index contributed by atoms with van der Waals surface area (Å²) in [5.74, 6) is 2.36. The van der Waals surface area contributed by atoms with Gasteiger partial charge in [-0.25, -0.2) is 4.98 Å². The highest BCUT2D eigenvalue weighted by atomic mass is 32.2. The molecule has 0 spiro atoms. The van der Waals surface area contributed by atoms with Crippen LogP contribution in [0.3, 0.4) is 0 Å². The minimum Gasteiger partial charge on any atom is -0.495 e. The molecular formula is C20H18N4O2S3. The van der Waals surface area contributed by atoms with E-state index in [-0.39, 0.29) is 0 Å². The molecule has 0 aliphatic heterocycles. The number of hydrogen-bond acceptors (Lipinski definition) is 9. The Kier molecular flexibility index (Phi) is 6.60. The summed E-state index contributed by atoms with van der Waals surface area (Å²) < 4.78 is 12.0. The zero-order chi connectivity index (χ0) is 19.9. The molecule has 148 valence electrons. The number of rotatable bonds is 9. The molecule has 0 saturated carbocycles. The number of nitrogens with one attached hydrogen (secondary N) is 1. The summed E-state index contributed by atoms with van der Waals surface area (Å²) in [5, 5.41) is 15.5. The third-order valence-corrected chi connectivity index (χ3v) is 6.68. The first-order valence-corrected chi connectivity index (χ1v) is 11.5. The van der Waals surface area contributed by atoms with Crippen LogP contribution in [0.2, 0.25) is 0 Å². The molecule has 0 unspecified atom stereocenters. The molecule has 6 nitrogen and oxygen atoms in total. The largest absolute Gasteiger partial charge is 0.495 e. The molecule has 29 heavy (non-hydrogen) atoms. The van der Waals surface area contributed by atoms with E-state index in [0.29, 0.717) is 6.61 Å². The van der Waals surface area contributed by atoms with Crippen molar-refractivity contribution < 1.29 is 9.47 Å². The van der Waals surface area contributed by atoms with Gasteiger partial charge in [0.25, 0.3) is 0 Å². The molecule has 0 amide bonds. The third-order valence-electron chi connectivity index (χ3n) is 3.80. The molecule has 0 bridgehead atoms. The third kappa shape index (κ3) is 5.47. The molecule has 0 atom stereocenters. The average Bonchev–Trinajstić information content (AvgIpc) is 3.41. The van der Waals surface area contributed by atoms with Crippen LogP contribution in [-0.4, -0.2) is 22.3 Å². The van der Waals surface area contributed by atoms with Crippen molar-refractivity contribution >= 4 is 45.3 Å². The topological polar surface area (TPSA) is 69.2 Å². The van der Waals surface area contributed by atoms with Gasteiger partial charge in [0.2, 0.25) is 5.13 Å². The van der Waals surface area contributed by atoms with Crippen LogP contribution in [0.5, 0.6) is 11.5 Å². The Morgan fingerprint density at radius 3 is 2.72 bits per heavy atom. The standard InChI is InChI=1S/C20H18N4O2S3/c1-25-17-10-6-5-9-16(17)22-19-23-24-20(29-19)28-13-14-12-27-18(21-14)11-26-15-7-3-2-4-8-15/h2-10,12H,11,13H2,1H3,(H,22,23). The van der Waals surface area contributed by atoms with Crippen LogP contribution in [0, 0.1) is 0 Å². The molecule has 4 aromatic rings. The lowest BCUT2D eigenvalue weighted by Crippen LogP contribution is -1.94. The number of thiazole rings is 1. The molecule has 0 saturated heterocycles. The second kappa shape index (κ2) is 9.73. The number of ether oxygens (including phenoxy) is 2. The number of benzene rings is 2. The number of nitrogens with zero attached hydrogens (tertiary/aromatic N) is 3. The fourth-order valence-corrected chi connectivity index (χ4v) is 4.93. The van der Waals surface area contributed by atoms with E-state index in [1.807, 2.05) is 54.6 Å². The lowest BCUT2D eigenvalue weighted by molar-refractivity contribution is 0.305. The van der Waals surface area contributed by atoms with Crippen LogP contribution in [0.15, 0.2) is 64.3 Å². The van der Waals surface area contributed by atoms with Gasteiger partial charge in [-0.2, -0.15) is 0 Å². The van der Waals surface area contributed by atoms with Crippen molar-refractivity contribution in [1.29, 1.82) is 0 Å². The first-order chi connectivity index (χ1) is 14.3. The Bertz CT molecular complexity index is 1050. The van der Waals surface area contributed by atoms with Gasteiger partial charge >= 0.3 is 0 Å². The molecule has 9 heteroatoms. The van der Waals surface area contributed by atoms with Crippen LogP contribution in [0.4, 0.5) is 10.8 Å². The molecule has 2 aromatic heterocycles. The van der Waals surface area contributed by atoms with Gasteiger partial charge < -0.3 is 14.8 Å². The predicted octanol–water partition coefficient (Wildman–Crippen LogP) is 5.62. The second-order valence-electron chi connectivity index (χ2n) is 5.82. The minimum absolute atomic E-state index is 0.477. The molecule has 2 aromatic carbocycles. The highest BCUT2D eigenvalue weighted by Gasteiger charge is 2.10.